The van der Waals surface area contributed by atoms with Crippen LogP contribution in [0.3, 0.4) is 0 Å². The minimum atomic E-state index is 0.00412. The SMILES string of the molecule is CC1SCc2c3c(cc(Cl)c2C1=O)CCO3. The second kappa shape index (κ2) is 3.67. The van der Waals surface area contributed by atoms with E-state index >= 15 is 0 Å². The van der Waals surface area contributed by atoms with Crippen LogP contribution in [0.25, 0.3) is 0 Å². The quantitative estimate of drug-likeness (QED) is 0.712. The lowest BCUT2D eigenvalue weighted by Crippen LogP contribution is -2.21. The van der Waals surface area contributed by atoms with E-state index in [0.717, 1.165) is 29.1 Å². The first kappa shape index (κ1) is 10.5. The molecule has 1 atom stereocenters. The summed E-state index contributed by atoms with van der Waals surface area (Å²) in [6, 6.07) is 1.89. The molecule has 2 heterocycles. The maximum absolute atomic E-state index is 12.1. The summed E-state index contributed by atoms with van der Waals surface area (Å²) in [5.74, 6) is 1.87. The van der Waals surface area contributed by atoms with E-state index in [-0.39, 0.29) is 11.0 Å². The Kier molecular flexibility index (Phi) is 2.41. The van der Waals surface area contributed by atoms with E-state index in [1.807, 2.05) is 13.0 Å². The van der Waals surface area contributed by atoms with Crippen molar-refractivity contribution < 1.29 is 9.53 Å². The van der Waals surface area contributed by atoms with E-state index in [9.17, 15) is 4.79 Å². The van der Waals surface area contributed by atoms with Gasteiger partial charge in [0.1, 0.15) is 5.75 Å². The lowest BCUT2D eigenvalue weighted by molar-refractivity contribution is 0.0991. The number of hydrogen-bond acceptors (Lipinski definition) is 3. The lowest BCUT2D eigenvalue weighted by Gasteiger charge is -2.22. The van der Waals surface area contributed by atoms with Crippen LogP contribution in [0.15, 0.2) is 6.07 Å². The zero-order valence-corrected chi connectivity index (χ0v) is 10.5. The van der Waals surface area contributed by atoms with Gasteiger partial charge in [-0.1, -0.05) is 11.6 Å². The molecule has 0 amide bonds. The van der Waals surface area contributed by atoms with Gasteiger partial charge in [0.25, 0.3) is 0 Å². The number of ketones is 1. The summed E-state index contributed by atoms with van der Waals surface area (Å²) < 4.78 is 5.61. The Morgan fingerprint density at radius 1 is 1.56 bits per heavy atom. The third-order valence-electron chi connectivity index (χ3n) is 3.12. The Morgan fingerprint density at radius 3 is 3.19 bits per heavy atom. The molecule has 0 aliphatic carbocycles. The molecule has 2 nitrogen and oxygen atoms in total. The third kappa shape index (κ3) is 1.38. The number of fused-ring (bicyclic) bond motifs is 3. The van der Waals surface area contributed by atoms with E-state index in [1.165, 1.54) is 0 Å². The number of carbonyl (C=O) groups excluding carboxylic acids is 1. The van der Waals surface area contributed by atoms with Gasteiger partial charge in [-0.25, -0.2) is 0 Å². The number of hydrogen-bond donors (Lipinski definition) is 0. The van der Waals surface area contributed by atoms with Gasteiger partial charge in [-0.2, -0.15) is 0 Å². The largest absolute Gasteiger partial charge is 0.493 e. The highest BCUT2D eigenvalue weighted by Crippen LogP contribution is 2.43. The molecule has 0 spiro atoms. The van der Waals surface area contributed by atoms with E-state index in [0.29, 0.717) is 17.2 Å². The van der Waals surface area contributed by atoms with E-state index < -0.39 is 0 Å². The summed E-state index contributed by atoms with van der Waals surface area (Å²) in [6.45, 7) is 2.64. The Hall–Kier alpha value is -0.670. The van der Waals surface area contributed by atoms with E-state index in [1.54, 1.807) is 11.8 Å². The number of Topliss-reactive ketones (excluding diaryl/α,β-unsaturated/α-hetero) is 1. The Morgan fingerprint density at radius 2 is 2.38 bits per heavy atom. The molecule has 0 saturated heterocycles. The molecule has 1 aromatic carbocycles. The van der Waals surface area contributed by atoms with Crippen molar-refractivity contribution in [3.8, 4) is 5.75 Å². The Balaban J connectivity index is 2.25. The zero-order valence-electron chi connectivity index (χ0n) is 8.88. The number of benzene rings is 1. The predicted molar refractivity (Wildman–Crippen MR) is 65.7 cm³/mol. The van der Waals surface area contributed by atoms with Gasteiger partial charge in [-0.05, 0) is 18.6 Å². The van der Waals surface area contributed by atoms with Crippen molar-refractivity contribution in [3.63, 3.8) is 0 Å². The van der Waals surface area contributed by atoms with Crippen molar-refractivity contribution in [3.05, 3.63) is 27.8 Å². The van der Waals surface area contributed by atoms with Crippen molar-refractivity contribution in [2.24, 2.45) is 0 Å². The first-order chi connectivity index (χ1) is 7.68. The lowest BCUT2D eigenvalue weighted by atomic mass is 9.98. The molecule has 0 fully saturated rings. The summed E-state index contributed by atoms with van der Waals surface area (Å²) in [4.78, 5) is 12.1. The summed E-state index contributed by atoms with van der Waals surface area (Å²) in [5, 5.41) is 0.598. The highest BCUT2D eigenvalue weighted by atomic mass is 35.5. The average molecular weight is 255 g/mol. The zero-order chi connectivity index (χ0) is 11.3. The molecule has 4 heteroatoms. The van der Waals surface area contributed by atoms with Gasteiger partial charge < -0.3 is 4.74 Å². The standard InChI is InChI=1S/C12H11ClO2S/c1-6-11(14)10-8(5-16-6)12-7(2-3-15-12)4-9(10)13/h4,6H,2-3,5H2,1H3. The maximum atomic E-state index is 12.1. The predicted octanol–water partition coefficient (Wildman–Crippen LogP) is 3.09. The van der Waals surface area contributed by atoms with Crippen LogP contribution in [0.4, 0.5) is 0 Å². The fourth-order valence-electron chi connectivity index (χ4n) is 2.26. The van der Waals surface area contributed by atoms with Crippen molar-refractivity contribution in [1.29, 1.82) is 0 Å². The van der Waals surface area contributed by atoms with Crippen LogP contribution in [-0.2, 0) is 12.2 Å². The topological polar surface area (TPSA) is 26.3 Å². The van der Waals surface area contributed by atoms with Gasteiger partial charge >= 0.3 is 0 Å². The van der Waals surface area contributed by atoms with Crippen LogP contribution in [0.1, 0.15) is 28.4 Å². The van der Waals surface area contributed by atoms with Crippen molar-refractivity contribution in [2.45, 2.75) is 24.3 Å². The Labute approximate surface area is 103 Å². The van der Waals surface area contributed by atoms with Gasteiger partial charge in [-0.15, -0.1) is 11.8 Å². The molecule has 1 aromatic rings. The molecule has 0 bridgehead atoms. The van der Waals surface area contributed by atoms with Crippen molar-refractivity contribution in [1.82, 2.24) is 0 Å². The van der Waals surface area contributed by atoms with Gasteiger partial charge in [0.2, 0.25) is 0 Å². The molecule has 2 aliphatic rings. The number of thioether (sulfide) groups is 1. The van der Waals surface area contributed by atoms with Crippen molar-refractivity contribution in [2.75, 3.05) is 6.61 Å². The fraction of sp³-hybridized carbons (Fsp3) is 0.417. The maximum Gasteiger partial charge on any atom is 0.177 e. The molecular formula is C12H11ClO2S. The molecule has 2 aliphatic heterocycles. The first-order valence-corrected chi connectivity index (χ1v) is 6.74. The number of rotatable bonds is 0. The summed E-state index contributed by atoms with van der Waals surface area (Å²) in [6.07, 6.45) is 0.900. The molecule has 0 radical (unpaired) electrons. The van der Waals surface area contributed by atoms with Gasteiger partial charge in [0.15, 0.2) is 5.78 Å². The third-order valence-corrected chi connectivity index (χ3v) is 4.59. The smallest absolute Gasteiger partial charge is 0.177 e. The second-order valence-electron chi connectivity index (χ2n) is 4.12. The normalized spacial score (nSPS) is 22.6. The van der Waals surface area contributed by atoms with E-state index in [4.69, 9.17) is 16.3 Å². The molecule has 1 unspecified atom stereocenters. The highest BCUT2D eigenvalue weighted by Gasteiger charge is 2.32. The number of ether oxygens (including phenoxy) is 1. The van der Waals surface area contributed by atoms with Crippen LogP contribution >= 0.6 is 23.4 Å². The number of halogens is 1. The molecule has 16 heavy (non-hydrogen) atoms. The highest BCUT2D eigenvalue weighted by molar-refractivity contribution is 8.00. The van der Waals surface area contributed by atoms with Crippen LogP contribution < -0.4 is 4.74 Å². The van der Waals surface area contributed by atoms with Gasteiger partial charge in [0, 0.05) is 23.3 Å². The summed E-state index contributed by atoms with van der Waals surface area (Å²) >= 11 is 7.86. The minimum absolute atomic E-state index is 0.00412. The second-order valence-corrected chi connectivity index (χ2v) is 5.85. The van der Waals surface area contributed by atoms with E-state index in [2.05, 4.69) is 0 Å². The monoisotopic (exact) mass is 254 g/mol. The molecule has 3 rings (SSSR count). The Bertz CT molecular complexity index is 484. The molecule has 0 aromatic heterocycles. The van der Waals surface area contributed by atoms with Crippen LogP contribution in [-0.4, -0.2) is 17.6 Å². The molecule has 0 N–H and O–H groups in total. The number of carbonyl (C=O) groups is 1. The van der Waals surface area contributed by atoms with Crippen LogP contribution in [0.2, 0.25) is 5.02 Å². The van der Waals surface area contributed by atoms with Crippen LogP contribution in [0, 0.1) is 0 Å². The van der Waals surface area contributed by atoms with Gasteiger partial charge in [-0.3, -0.25) is 4.79 Å². The summed E-state index contributed by atoms with van der Waals surface area (Å²) in [5.41, 5.74) is 2.84. The minimum Gasteiger partial charge on any atom is -0.493 e. The molecule has 84 valence electrons. The fourth-order valence-corrected chi connectivity index (χ4v) is 3.56. The average Bonchev–Trinajstić information content (AvgIpc) is 2.70. The molecular weight excluding hydrogens is 244 g/mol. The first-order valence-electron chi connectivity index (χ1n) is 5.31. The van der Waals surface area contributed by atoms with Gasteiger partial charge in [0.05, 0.1) is 16.9 Å². The van der Waals surface area contributed by atoms with Crippen LogP contribution in [0.5, 0.6) is 5.75 Å². The van der Waals surface area contributed by atoms with Crippen molar-refractivity contribution >= 4 is 29.1 Å². The summed E-state index contributed by atoms with van der Waals surface area (Å²) in [7, 11) is 0. The molecule has 0 saturated carbocycles.